The van der Waals surface area contributed by atoms with Crippen molar-refractivity contribution in [1.82, 2.24) is 10.9 Å². The minimum atomic E-state index is -0.112. The Morgan fingerprint density at radius 1 is 0.875 bits per heavy atom. The molecule has 0 saturated carbocycles. The van der Waals surface area contributed by atoms with Crippen LogP contribution in [0.2, 0.25) is 0 Å². The van der Waals surface area contributed by atoms with Crippen LogP contribution in [-0.4, -0.2) is 11.8 Å². The van der Waals surface area contributed by atoms with E-state index < -0.39 is 0 Å². The molecule has 16 heavy (non-hydrogen) atoms. The van der Waals surface area contributed by atoms with E-state index in [0.29, 0.717) is 0 Å². The van der Waals surface area contributed by atoms with Gasteiger partial charge in [0.1, 0.15) is 0 Å². The lowest BCUT2D eigenvalue weighted by Gasteiger charge is -2.14. The lowest BCUT2D eigenvalue weighted by atomic mass is 10.1. The number of hydrogen-bond acceptors (Lipinski definition) is 2. The molecule has 0 radical (unpaired) electrons. The Labute approximate surface area is 98.1 Å². The quantitative estimate of drug-likeness (QED) is 0.683. The van der Waals surface area contributed by atoms with Gasteiger partial charge < -0.3 is 0 Å². The largest absolute Gasteiger partial charge is 0.273 e. The van der Waals surface area contributed by atoms with E-state index in [1.165, 1.54) is 0 Å². The van der Waals surface area contributed by atoms with Gasteiger partial charge in [-0.2, -0.15) is 0 Å². The second kappa shape index (κ2) is 8.13. The first-order valence-electron chi connectivity index (χ1n) is 6.12. The van der Waals surface area contributed by atoms with Gasteiger partial charge in [0.05, 0.1) is 0 Å². The maximum atomic E-state index is 11.5. The zero-order valence-corrected chi connectivity index (χ0v) is 10.8. The van der Waals surface area contributed by atoms with E-state index in [9.17, 15) is 9.59 Å². The molecule has 2 N–H and O–H groups in total. The summed E-state index contributed by atoms with van der Waals surface area (Å²) in [4.78, 5) is 23.0. The summed E-state index contributed by atoms with van der Waals surface area (Å²) in [7, 11) is 0. The zero-order valence-electron chi connectivity index (χ0n) is 10.8. The van der Waals surface area contributed by atoms with Crippen LogP contribution < -0.4 is 10.9 Å². The van der Waals surface area contributed by atoms with Crippen LogP contribution in [-0.2, 0) is 9.59 Å². The molecule has 0 aromatic heterocycles. The molecule has 4 heteroatoms. The molecule has 2 atom stereocenters. The molecule has 0 aliphatic carbocycles. The first-order chi connectivity index (χ1) is 7.52. The normalized spacial score (nSPS) is 14.0. The van der Waals surface area contributed by atoms with Crippen LogP contribution in [0.15, 0.2) is 0 Å². The van der Waals surface area contributed by atoms with Gasteiger partial charge in [-0.05, 0) is 12.8 Å². The van der Waals surface area contributed by atoms with Crippen molar-refractivity contribution in [2.75, 3.05) is 0 Å². The molecule has 0 aliphatic rings. The van der Waals surface area contributed by atoms with Gasteiger partial charge in [-0.15, -0.1) is 0 Å². The summed E-state index contributed by atoms with van der Waals surface area (Å²) in [6.07, 6.45) is 3.61. The average molecular weight is 228 g/mol. The van der Waals surface area contributed by atoms with E-state index in [1.54, 1.807) is 0 Å². The van der Waals surface area contributed by atoms with Gasteiger partial charge in [0.25, 0.3) is 0 Å². The fourth-order valence-corrected chi connectivity index (χ4v) is 1.50. The summed E-state index contributed by atoms with van der Waals surface area (Å²) in [6, 6.07) is 0. The summed E-state index contributed by atoms with van der Waals surface area (Å²) < 4.78 is 0. The highest BCUT2D eigenvalue weighted by Crippen LogP contribution is 2.05. The average Bonchev–Trinajstić information content (AvgIpc) is 2.25. The molecule has 0 unspecified atom stereocenters. The molecule has 0 rings (SSSR count). The highest BCUT2D eigenvalue weighted by atomic mass is 16.2. The van der Waals surface area contributed by atoms with E-state index in [4.69, 9.17) is 0 Å². The summed E-state index contributed by atoms with van der Waals surface area (Å²) in [6.45, 7) is 7.79. The smallest absolute Gasteiger partial charge is 0.241 e. The van der Waals surface area contributed by atoms with Crippen molar-refractivity contribution in [3.8, 4) is 0 Å². The van der Waals surface area contributed by atoms with E-state index in [0.717, 1.165) is 25.7 Å². The number of amides is 2. The number of hydrogen-bond donors (Lipinski definition) is 2. The lowest BCUT2D eigenvalue weighted by molar-refractivity contribution is -0.132. The fraction of sp³-hybridized carbons (Fsp3) is 0.833. The van der Waals surface area contributed by atoms with Crippen molar-refractivity contribution >= 4 is 11.8 Å². The number of nitrogens with one attached hydrogen (secondary N) is 2. The third kappa shape index (κ3) is 5.73. The Balaban J connectivity index is 3.87. The molecule has 0 aromatic carbocycles. The van der Waals surface area contributed by atoms with Gasteiger partial charge in [-0.3, -0.25) is 20.4 Å². The van der Waals surface area contributed by atoms with Crippen LogP contribution in [0.1, 0.15) is 53.4 Å². The zero-order chi connectivity index (χ0) is 12.6. The van der Waals surface area contributed by atoms with Crippen molar-refractivity contribution < 1.29 is 9.59 Å². The van der Waals surface area contributed by atoms with Gasteiger partial charge in [-0.1, -0.05) is 40.5 Å². The Kier molecular flexibility index (Phi) is 7.60. The topological polar surface area (TPSA) is 58.2 Å². The molecule has 2 amide bonds. The Morgan fingerprint density at radius 3 is 1.44 bits per heavy atom. The lowest BCUT2D eigenvalue weighted by Crippen LogP contribution is -2.46. The Hall–Kier alpha value is -1.06. The molecule has 94 valence electrons. The minimum absolute atomic E-state index is 0.0493. The van der Waals surface area contributed by atoms with Crippen LogP contribution in [0.3, 0.4) is 0 Å². The van der Waals surface area contributed by atoms with Crippen molar-refractivity contribution in [2.24, 2.45) is 11.8 Å². The molecular weight excluding hydrogens is 204 g/mol. The minimum Gasteiger partial charge on any atom is -0.273 e. The molecular formula is C12H24N2O2. The van der Waals surface area contributed by atoms with E-state index in [2.05, 4.69) is 10.9 Å². The molecule has 0 heterocycles. The molecule has 0 fully saturated rings. The summed E-state index contributed by atoms with van der Waals surface area (Å²) in [5.74, 6) is -0.323. The summed E-state index contributed by atoms with van der Waals surface area (Å²) >= 11 is 0. The van der Waals surface area contributed by atoms with Gasteiger partial charge in [-0.25, -0.2) is 0 Å². The van der Waals surface area contributed by atoms with E-state index in [-0.39, 0.29) is 23.7 Å². The highest BCUT2D eigenvalue weighted by Gasteiger charge is 2.15. The predicted molar refractivity (Wildman–Crippen MR) is 64.4 cm³/mol. The second-order valence-electron chi connectivity index (χ2n) is 4.36. The first kappa shape index (κ1) is 14.9. The Bertz CT molecular complexity index is 205. The molecule has 4 nitrogen and oxygen atoms in total. The second-order valence-corrected chi connectivity index (χ2v) is 4.36. The van der Waals surface area contributed by atoms with Crippen LogP contribution in [0.25, 0.3) is 0 Å². The SMILES string of the molecule is CCC[C@H](C)C(=O)NNC(=O)[C@@H](C)CCC. The van der Waals surface area contributed by atoms with Crippen molar-refractivity contribution in [3.63, 3.8) is 0 Å². The molecule has 0 aliphatic heterocycles. The van der Waals surface area contributed by atoms with Gasteiger partial charge in [0.15, 0.2) is 0 Å². The maximum Gasteiger partial charge on any atom is 0.241 e. The monoisotopic (exact) mass is 228 g/mol. The fourth-order valence-electron chi connectivity index (χ4n) is 1.50. The highest BCUT2D eigenvalue weighted by molar-refractivity contribution is 5.84. The maximum absolute atomic E-state index is 11.5. The molecule has 0 aromatic rings. The van der Waals surface area contributed by atoms with Crippen molar-refractivity contribution in [3.05, 3.63) is 0 Å². The van der Waals surface area contributed by atoms with Crippen LogP contribution in [0.5, 0.6) is 0 Å². The molecule has 0 bridgehead atoms. The van der Waals surface area contributed by atoms with E-state index in [1.807, 2.05) is 27.7 Å². The number of carbonyl (C=O) groups is 2. The predicted octanol–water partition coefficient (Wildman–Crippen LogP) is 2.01. The van der Waals surface area contributed by atoms with Crippen LogP contribution in [0, 0.1) is 11.8 Å². The van der Waals surface area contributed by atoms with Crippen molar-refractivity contribution in [1.29, 1.82) is 0 Å². The standard InChI is InChI=1S/C12H24N2O2/c1-5-7-9(3)11(15)13-14-12(16)10(4)8-6-2/h9-10H,5-8H2,1-4H3,(H,13,15)(H,14,16)/t9-,10-/m0/s1. The number of hydrazine groups is 1. The number of carbonyl (C=O) groups excluding carboxylic acids is 2. The van der Waals surface area contributed by atoms with Crippen LogP contribution in [0.4, 0.5) is 0 Å². The van der Waals surface area contributed by atoms with Gasteiger partial charge >= 0.3 is 0 Å². The Morgan fingerprint density at radius 2 is 1.19 bits per heavy atom. The summed E-state index contributed by atoms with van der Waals surface area (Å²) in [5, 5.41) is 0. The van der Waals surface area contributed by atoms with Gasteiger partial charge in [0.2, 0.25) is 11.8 Å². The first-order valence-corrected chi connectivity index (χ1v) is 6.12. The van der Waals surface area contributed by atoms with E-state index >= 15 is 0 Å². The third-order valence-electron chi connectivity index (χ3n) is 2.65. The molecule has 0 spiro atoms. The third-order valence-corrected chi connectivity index (χ3v) is 2.65. The van der Waals surface area contributed by atoms with Gasteiger partial charge in [0, 0.05) is 11.8 Å². The molecule has 0 saturated heterocycles. The van der Waals surface area contributed by atoms with Crippen molar-refractivity contribution in [2.45, 2.75) is 53.4 Å². The van der Waals surface area contributed by atoms with Crippen LogP contribution >= 0.6 is 0 Å². The summed E-state index contributed by atoms with van der Waals surface area (Å²) in [5.41, 5.74) is 4.94. The number of rotatable bonds is 6.